The largest absolute Gasteiger partial charge is 0.494 e. The topological polar surface area (TPSA) is 139 Å². The molecule has 43 heavy (non-hydrogen) atoms. The zero-order valence-electron chi connectivity index (χ0n) is 24.7. The molecule has 14 heteroatoms. The summed E-state index contributed by atoms with van der Waals surface area (Å²) in [6.07, 6.45) is 3.37. The van der Waals surface area contributed by atoms with E-state index in [0.717, 1.165) is 31.0 Å². The average Bonchev–Trinajstić information content (AvgIpc) is 3.43. The maximum Gasteiger partial charge on any atom is 0.229 e. The highest BCUT2D eigenvalue weighted by Gasteiger charge is 2.24. The summed E-state index contributed by atoms with van der Waals surface area (Å²) in [4.78, 5) is 11.3. The third-order valence-corrected chi connectivity index (χ3v) is 9.55. The van der Waals surface area contributed by atoms with Gasteiger partial charge in [-0.2, -0.15) is 4.98 Å². The van der Waals surface area contributed by atoms with Crippen LogP contribution >= 0.6 is 11.6 Å². The van der Waals surface area contributed by atoms with E-state index < -0.39 is 15.1 Å². The van der Waals surface area contributed by atoms with Gasteiger partial charge in [0.2, 0.25) is 5.95 Å². The fourth-order valence-electron chi connectivity index (χ4n) is 5.06. The molecule has 1 fully saturated rings. The van der Waals surface area contributed by atoms with Crippen LogP contribution in [0.25, 0.3) is 5.69 Å². The number of anilines is 4. The maximum absolute atomic E-state index is 12.9. The van der Waals surface area contributed by atoms with Crippen LogP contribution in [-0.2, 0) is 16.4 Å². The van der Waals surface area contributed by atoms with Gasteiger partial charge in [-0.1, -0.05) is 28.9 Å². The van der Waals surface area contributed by atoms with Crippen molar-refractivity contribution in [2.45, 2.75) is 56.5 Å². The first-order valence-corrected chi connectivity index (χ1v) is 15.9. The minimum absolute atomic E-state index is 0.166. The highest BCUT2D eigenvalue weighted by molar-refractivity contribution is 7.92. The Kier molecular flexibility index (Phi) is 9.16. The number of nitrogens with one attached hydrogen (secondary N) is 3. The molecule has 0 saturated carbocycles. The monoisotopic (exact) mass is 625 g/mol. The first kappa shape index (κ1) is 30.7. The van der Waals surface area contributed by atoms with Crippen molar-refractivity contribution in [2.75, 3.05) is 30.8 Å². The summed E-state index contributed by atoms with van der Waals surface area (Å²) in [6.45, 7) is 10.3. The molecule has 3 N–H and O–H groups in total. The number of sulfone groups is 1. The number of piperazine rings is 1. The quantitative estimate of drug-likeness (QED) is 0.228. The van der Waals surface area contributed by atoms with Crippen LogP contribution in [-0.4, -0.2) is 75.8 Å². The van der Waals surface area contributed by atoms with Gasteiger partial charge < -0.3 is 20.7 Å². The zero-order chi connectivity index (χ0) is 30.7. The fraction of sp³-hybridized carbons (Fsp3) is 0.379. The first-order chi connectivity index (χ1) is 20.5. The summed E-state index contributed by atoms with van der Waals surface area (Å²) in [7, 11) is -1.97. The van der Waals surface area contributed by atoms with E-state index in [-0.39, 0.29) is 21.7 Å². The predicted molar refractivity (Wildman–Crippen MR) is 168 cm³/mol. The van der Waals surface area contributed by atoms with Gasteiger partial charge in [0, 0.05) is 37.8 Å². The van der Waals surface area contributed by atoms with E-state index in [1.54, 1.807) is 49.9 Å². The highest BCUT2D eigenvalue weighted by Crippen LogP contribution is 2.32. The number of benzene rings is 2. The van der Waals surface area contributed by atoms with Crippen LogP contribution in [0.3, 0.4) is 0 Å². The van der Waals surface area contributed by atoms with Gasteiger partial charge in [0.05, 0.1) is 52.4 Å². The lowest BCUT2D eigenvalue weighted by Gasteiger charge is -2.35. The van der Waals surface area contributed by atoms with Crippen molar-refractivity contribution in [2.24, 2.45) is 0 Å². The van der Waals surface area contributed by atoms with Crippen LogP contribution in [0.2, 0.25) is 5.02 Å². The van der Waals surface area contributed by atoms with Crippen molar-refractivity contribution in [3.05, 3.63) is 65.6 Å². The third kappa shape index (κ3) is 7.07. The molecule has 1 aliphatic heterocycles. The molecule has 1 aliphatic rings. The standard InChI is InChI=1S/C29H36ClN9O3S/c1-18(2)43(40,41)27-9-7-6-8-25(27)33-28-23(30)13-31-29(35-28)34-24-11-10-22(12-26(24)42-5)39-17-21(36-37-39)16-38-14-19(3)32-20(4)15-38/h6-13,17-20,32H,14-16H2,1-5H3,(H2,31,33,34,35)/t19-,20+. The molecule has 5 rings (SSSR count). The third-order valence-electron chi connectivity index (χ3n) is 7.07. The number of hydrogen-bond donors (Lipinski definition) is 3. The predicted octanol–water partition coefficient (Wildman–Crippen LogP) is 4.57. The average molecular weight is 626 g/mol. The van der Waals surface area contributed by atoms with Gasteiger partial charge in [0.15, 0.2) is 15.7 Å². The Labute approximate surface area is 256 Å². The van der Waals surface area contributed by atoms with Crippen molar-refractivity contribution in [3.63, 3.8) is 0 Å². The lowest BCUT2D eigenvalue weighted by molar-refractivity contribution is 0.165. The second kappa shape index (κ2) is 12.8. The minimum Gasteiger partial charge on any atom is -0.494 e. The van der Waals surface area contributed by atoms with Crippen LogP contribution < -0.4 is 20.7 Å². The van der Waals surface area contributed by atoms with E-state index in [2.05, 4.69) is 55.0 Å². The van der Waals surface area contributed by atoms with Crippen molar-refractivity contribution in [1.29, 1.82) is 0 Å². The number of aromatic nitrogens is 5. The molecule has 0 radical (unpaired) electrons. The second-order valence-electron chi connectivity index (χ2n) is 10.9. The molecule has 228 valence electrons. The van der Waals surface area contributed by atoms with Gasteiger partial charge in [0.25, 0.3) is 0 Å². The number of halogens is 1. The molecule has 0 amide bonds. The molecule has 2 aromatic heterocycles. The van der Waals surface area contributed by atoms with Gasteiger partial charge >= 0.3 is 0 Å². The number of methoxy groups -OCH3 is 1. The van der Waals surface area contributed by atoms with Gasteiger partial charge in [-0.3, -0.25) is 4.90 Å². The van der Waals surface area contributed by atoms with Crippen molar-refractivity contribution in [1.82, 2.24) is 35.2 Å². The van der Waals surface area contributed by atoms with Crippen molar-refractivity contribution < 1.29 is 13.2 Å². The summed E-state index contributed by atoms with van der Waals surface area (Å²) in [6, 6.07) is 13.1. The molecule has 1 saturated heterocycles. The highest BCUT2D eigenvalue weighted by atomic mass is 35.5. The molecule has 0 aliphatic carbocycles. The molecule has 0 bridgehead atoms. The fourth-order valence-corrected chi connectivity index (χ4v) is 6.40. The van der Waals surface area contributed by atoms with Gasteiger partial charge in [-0.15, -0.1) is 5.10 Å². The number of rotatable bonds is 10. The molecule has 2 aromatic carbocycles. The Bertz CT molecular complexity index is 1690. The molecule has 12 nitrogen and oxygen atoms in total. The smallest absolute Gasteiger partial charge is 0.229 e. The van der Waals surface area contributed by atoms with Crippen LogP contribution in [0.15, 0.2) is 59.8 Å². The van der Waals surface area contributed by atoms with Crippen molar-refractivity contribution >= 4 is 44.6 Å². The summed E-state index contributed by atoms with van der Waals surface area (Å²) in [5.41, 5.74) is 2.66. The van der Waals surface area contributed by atoms with E-state index in [9.17, 15) is 8.42 Å². The van der Waals surface area contributed by atoms with Crippen LogP contribution in [0.1, 0.15) is 33.4 Å². The lowest BCUT2D eigenvalue weighted by atomic mass is 10.1. The Morgan fingerprint density at radius 1 is 1.09 bits per heavy atom. The summed E-state index contributed by atoms with van der Waals surface area (Å²) in [5, 5.41) is 18.1. The summed E-state index contributed by atoms with van der Waals surface area (Å²) >= 11 is 6.39. The van der Waals surface area contributed by atoms with Gasteiger partial charge in [-0.05, 0) is 52.0 Å². The van der Waals surface area contributed by atoms with Crippen LogP contribution in [0, 0.1) is 0 Å². The normalized spacial score (nSPS) is 17.7. The summed E-state index contributed by atoms with van der Waals surface area (Å²) < 4.78 is 33.2. The lowest BCUT2D eigenvalue weighted by Crippen LogP contribution is -2.53. The summed E-state index contributed by atoms with van der Waals surface area (Å²) in [5.74, 6) is 1.04. The molecular formula is C29H36ClN9O3S. The minimum atomic E-state index is -3.54. The molecule has 4 aromatic rings. The van der Waals surface area contributed by atoms with Crippen LogP contribution in [0.4, 0.5) is 23.1 Å². The SMILES string of the molecule is COc1cc(-n2cc(CN3C[C@@H](C)N[C@@H](C)C3)nn2)ccc1Nc1ncc(Cl)c(Nc2ccccc2S(=O)(=O)C(C)C)n1. The zero-order valence-corrected chi connectivity index (χ0v) is 26.3. The van der Waals surface area contributed by atoms with Crippen LogP contribution in [0.5, 0.6) is 5.75 Å². The molecule has 2 atom stereocenters. The molecule has 0 unspecified atom stereocenters. The van der Waals surface area contributed by atoms with Gasteiger partial charge in [-0.25, -0.2) is 18.1 Å². The van der Waals surface area contributed by atoms with Gasteiger partial charge in [0.1, 0.15) is 10.8 Å². The Morgan fingerprint density at radius 3 is 2.56 bits per heavy atom. The Morgan fingerprint density at radius 2 is 1.84 bits per heavy atom. The Balaban J connectivity index is 1.33. The molecule has 3 heterocycles. The molecular weight excluding hydrogens is 590 g/mol. The first-order valence-electron chi connectivity index (χ1n) is 14.0. The second-order valence-corrected chi connectivity index (χ2v) is 13.8. The number of ether oxygens (including phenoxy) is 1. The van der Waals surface area contributed by atoms with E-state index in [0.29, 0.717) is 29.2 Å². The number of nitrogens with zero attached hydrogens (tertiary/aromatic N) is 6. The number of hydrogen-bond acceptors (Lipinski definition) is 11. The van der Waals surface area contributed by atoms with Crippen molar-refractivity contribution in [3.8, 4) is 11.4 Å². The maximum atomic E-state index is 12.9. The molecule has 0 spiro atoms. The van der Waals surface area contributed by atoms with E-state index in [1.807, 2.05) is 24.4 Å². The van der Waals surface area contributed by atoms with E-state index in [4.69, 9.17) is 16.3 Å². The Hall–Kier alpha value is -3.78. The van der Waals surface area contributed by atoms with E-state index in [1.165, 1.54) is 6.20 Å². The number of para-hydroxylation sites is 1. The van der Waals surface area contributed by atoms with E-state index >= 15 is 0 Å².